The van der Waals surface area contributed by atoms with Crippen LogP contribution in [0.3, 0.4) is 0 Å². The molecule has 0 amide bonds. The molecule has 4 rings (SSSR count). The van der Waals surface area contributed by atoms with Crippen molar-refractivity contribution in [2.75, 3.05) is 18.4 Å². The molecule has 1 aliphatic heterocycles. The highest BCUT2D eigenvalue weighted by molar-refractivity contribution is 7.89. The molecule has 3 aromatic rings. The van der Waals surface area contributed by atoms with Crippen molar-refractivity contribution in [3.8, 4) is 0 Å². The fourth-order valence-corrected chi connectivity index (χ4v) is 5.01. The quantitative estimate of drug-likeness (QED) is 0.737. The minimum atomic E-state index is -3.62. The number of para-hydroxylation sites is 1. The van der Waals surface area contributed by atoms with Crippen molar-refractivity contribution < 1.29 is 8.42 Å². The first-order chi connectivity index (χ1) is 13.0. The van der Waals surface area contributed by atoms with E-state index in [4.69, 9.17) is 0 Å². The van der Waals surface area contributed by atoms with Crippen molar-refractivity contribution in [1.29, 1.82) is 0 Å². The highest BCUT2D eigenvalue weighted by Gasteiger charge is 2.40. The molecule has 6 nitrogen and oxygen atoms in total. The van der Waals surface area contributed by atoms with E-state index in [-0.39, 0.29) is 17.0 Å². The van der Waals surface area contributed by atoms with E-state index >= 15 is 0 Å². The van der Waals surface area contributed by atoms with Crippen molar-refractivity contribution in [3.63, 3.8) is 0 Å². The predicted octanol–water partition coefficient (Wildman–Crippen LogP) is 2.69. The van der Waals surface area contributed by atoms with Gasteiger partial charge in [-0.05, 0) is 17.7 Å². The lowest BCUT2D eigenvalue weighted by molar-refractivity contribution is 0.468. The van der Waals surface area contributed by atoms with Crippen molar-refractivity contribution in [1.82, 2.24) is 13.9 Å². The first-order valence-electron chi connectivity index (χ1n) is 8.89. The maximum atomic E-state index is 13.0. The molecule has 1 aromatic heterocycles. The van der Waals surface area contributed by atoms with Gasteiger partial charge in [-0.3, -0.25) is 0 Å². The first kappa shape index (κ1) is 17.8. The lowest BCUT2D eigenvalue weighted by atomic mass is 9.94. The molecule has 1 fully saturated rings. The average Bonchev–Trinajstić information content (AvgIpc) is 3.31. The summed E-state index contributed by atoms with van der Waals surface area (Å²) in [6.07, 6.45) is 3.06. The van der Waals surface area contributed by atoms with E-state index in [1.165, 1.54) is 10.6 Å². The van der Waals surface area contributed by atoms with Crippen LogP contribution in [0.1, 0.15) is 11.5 Å². The number of nitrogens with zero attached hydrogens (tertiary/aromatic N) is 3. The molecular weight excluding hydrogens is 360 g/mol. The molecule has 2 aromatic carbocycles. The zero-order valence-electron chi connectivity index (χ0n) is 15.1. The fourth-order valence-electron chi connectivity index (χ4n) is 3.55. The number of hydrogen-bond acceptors (Lipinski definition) is 4. The van der Waals surface area contributed by atoms with Gasteiger partial charge in [-0.1, -0.05) is 48.5 Å². The van der Waals surface area contributed by atoms with Crippen LogP contribution in [0.4, 0.5) is 5.69 Å². The molecule has 0 saturated carbocycles. The van der Waals surface area contributed by atoms with E-state index in [1.807, 2.05) is 48.5 Å². The third-order valence-electron chi connectivity index (χ3n) is 4.93. The number of hydrogen-bond donors (Lipinski definition) is 1. The van der Waals surface area contributed by atoms with Crippen LogP contribution in [-0.2, 0) is 17.1 Å². The minimum absolute atomic E-state index is 0.0201. The van der Waals surface area contributed by atoms with Gasteiger partial charge < -0.3 is 9.88 Å². The number of anilines is 1. The van der Waals surface area contributed by atoms with Crippen molar-refractivity contribution in [2.24, 2.45) is 7.05 Å². The van der Waals surface area contributed by atoms with Gasteiger partial charge in [0.25, 0.3) is 10.0 Å². The summed E-state index contributed by atoms with van der Waals surface area (Å²) in [5, 5.41) is 3.61. The molecule has 0 aliphatic carbocycles. The molecule has 0 radical (unpaired) electrons. The molecule has 140 valence electrons. The van der Waals surface area contributed by atoms with Crippen LogP contribution in [0.15, 0.2) is 78.2 Å². The molecule has 1 aliphatic rings. The molecule has 0 spiro atoms. The zero-order chi connectivity index (χ0) is 18.9. The van der Waals surface area contributed by atoms with Gasteiger partial charge in [0.2, 0.25) is 0 Å². The first-order valence-corrected chi connectivity index (χ1v) is 10.3. The highest BCUT2D eigenvalue weighted by Crippen LogP contribution is 2.33. The second-order valence-electron chi connectivity index (χ2n) is 6.83. The smallest absolute Gasteiger partial charge is 0.262 e. The SMILES string of the molecule is Cn1cnc(S(=O)(=O)N2C[C@@H](Nc3ccccc3)[C@H](c3ccccc3)C2)c1. The topological polar surface area (TPSA) is 67.2 Å². The van der Waals surface area contributed by atoms with Crippen molar-refractivity contribution >= 4 is 15.7 Å². The predicted molar refractivity (Wildman–Crippen MR) is 105 cm³/mol. The fraction of sp³-hybridized carbons (Fsp3) is 0.250. The second-order valence-corrected chi connectivity index (χ2v) is 8.72. The molecule has 1 N–H and O–H groups in total. The molecule has 1 saturated heterocycles. The van der Waals surface area contributed by atoms with Gasteiger partial charge in [0.1, 0.15) is 0 Å². The van der Waals surface area contributed by atoms with Crippen LogP contribution in [0.2, 0.25) is 0 Å². The Bertz CT molecular complexity index is 1000. The van der Waals surface area contributed by atoms with Crippen LogP contribution < -0.4 is 5.32 Å². The van der Waals surface area contributed by atoms with Crippen LogP contribution in [-0.4, -0.2) is 41.4 Å². The summed E-state index contributed by atoms with van der Waals surface area (Å²) < 4.78 is 29.3. The molecule has 7 heteroatoms. The van der Waals surface area contributed by atoms with Gasteiger partial charge in [-0.15, -0.1) is 0 Å². The standard InChI is InChI=1S/C20H22N4O2S/c1-23-14-20(21-15-23)27(25,26)24-12-18(16-8-4-2-5-9-16)19(13-24)22-17-10-6-3-7-11-17/h2-11,14-15,18-19,22H,12-13H2,1H3/t18-,19+/m0/s1. The summed E-state index contributed by atoms with van der Waals surface area (Å²) in [5.41, 5.74) is 2.12. The number of aryl methyl sites for hydroxylation is 1. The Hall–Kier alpha value is -2.64. The zero-order valence-corrected chi connectivity index (χ0v) is 15.9. The van der Waals surface area contributed by atoms with E-state index in [1.54, 1.807) is 17.8 Å². The average molecular weight is 382 g/mol. The maximum absolute atomic E-state index is 13.0. The number of benzene rings is 2. The van der Waals surface area contributed by atoms with E-state index < -0.39 is 10.0 Å². The maximum Gasteiger partial charge on any atom is 0.262 e. The normalized spacial score (nSPS) is 20.6. The number of rotatable bonds is 5. The third kappa shape index (κ3) is 3.61. The van der Waals surface area contributed by atoms with Gasteiger partial charge >= 0.3 is 0 Å². The Labute approximate surface area is 159 Å². The Morgan fingerprint density at radius 3 is 2.30 bits per heavy atom. The Morgan fingerprint density at radius 2 is 1.67 bits per heavy atom. The Morgan fingerprint density at radius 1 is 1.00 bits per heavy atom. The number of aromatic nitrogens is 2. The number of imidazole rings is 1. The summed E-state index contributed by atoms with van der Waals surface area (Å²) >= 11 is 0. The largest absolute Gasteiger partial charge is 0.380 e. The summed E-state index contributed by atoms with van der Waals surface area (Å²) in [7, 11) is -1.86. The Balaban J connectivity index is 1.64. The summed E-state index contributed by atoms with van der Waals surface area (Å²) in [6, 6.07) is 19.9. The van der Waals surface area contributed by atoms with Crippen molar-refractivity contribution in [2.45, 2.75) is 17.0 Å². The van der Waals surface area contributed by atoms with E-state index in [0.717, 1.165) is 11.3 Å². The second kappa shape index (κ2) is 7.17. The van der Waals surface area contributed by atoms with Crippen LogP contribution in [0.5, 0.6) is 0 Å². The van der Waals surface area contributed by atoms with Crippen molar-refractivity contribution in [3.05, 3.63) is 78.8 Å². The lowest BCUT2D eigenvalue weighted by Gasteiger charge is -2.21. The monoisotopic (exact) mass is 382 g/mol. The summed E-state index contributed by atoms with van der Waals surface area (Å²) in [4.78, 5) is 4.05. The summed E-state index contributed by atoms with van der Waals surface area (Å²) in [6.45, 7) is 0.820. The highest BCUT2D eigenvalue weighted by atomic mass is 32.2. The number of sulfonamides is 1. The molecular formula is C20H22N4O2S. The third-order valence-corrected chi connectivity index (χ3v) is 6.64. The molecule has 0 bridgehead atoms. The van der Waals surface area contributed by atoms with Gasteiger partial charge in [-0.25, -0.2) is 13.4 Å². The van der Waals surface area contributed by atoms with Crippen LogP contribution in [0.25, 0.3) is 0 Å². The van der Waals surface area contributed by atoms with Gasteiger partial charge in [0.05, 0.1) is 6.33 Å². The molecule has 0 unspecified atom stereocenters. The summed E-state index contributed by atoms with van der Waals surface area (Å²) in [5.74, 6) is 0.0601. The number of nitrogens with one attached hydrogen (secondary N) is 1. The van der Waals surface area contributed by atoms with E-state index in [0.29, 0.717) is 13.1 Å². The molecule has 27 heavy (non-hydrogen) atoms. The van der Waals surface area contributed by atoms with E-state index in [2.05, 4.69) is 22.4 Å². The molecule has 2 heterocycles. The van der Waals surface area contributed by atoms with Crippen LogP contribution >= 0.6 is 0 Å². The minimum Gasteiger partial charge on any atom is -0.380 e. The lowest BCUT2D eigenvalue weighted by Crippen LogP contribution is -2.32. The Kier molecular flexibility index (Phi) is 4.72. The van der Waals surface area contributed by atoms with Crippen LogP contribution in [0, 0.1) is 0 Å². The van der Waals surface area contributed by atoms with Gasteiger partial charge in [0, 0.05) is 44.0 Å². The van der Waals surface area contributed by atoms with E-state index in [9.17, 15) is 8.42 Å². The van der Waals surface area contributed by atoms with Gasteiger partial charge in [-0.2, -0.15) is 4.31 Å². The van der Waals surface area contributed by atoms with Gasteiger partial charge in [0.15, 0.2) is 5.03 Å². The molecule has 2 atom stereocenters.